The van der Waals surface area contributed by atoms with Crippen LogP contribution in [0.4, 0.5) is 5.69 Å². The molecule has 2 amide bonds. The number of amides is 2. The lowest BCUT2D eigenvalue weighted by Gasteiger charge is -2.29. The fraction of sp³-hybridized carbons (Fsp3) is 0.529. The number of hydrogen-bond acceptors (Lipinski definition) is 3. The monoisotopic (exact) mass is 390 g/mol. The van der Waals surface area contributed by atoms with Crippen molar-refractivity contribution in [2.45, 2.75) is 13.8 Å². The van der Waals surface area contributed by atoms with Gasteiger partial charge in [0.1, 0.15) is 0 Å². The number of likely N-dealkylation sites (N-methyl/N-ethyl adjacent to an activating group) is 1. The van der Waals surface area contributed by atoms with Gasteiger partial charge in [0.15, 0.2) is 0 Å². The molecule has 0 radical (unpaired) electrons. The van der Waals surface area contributed by atoms with Crippen molar-refractivity contribution in [1.82, 2.24) is 10.6 Å². The number of carbonyl (C=O) groups excluding carboxylic acids is 2. The Kier molecular flexibility index (Phi) is 10.5. The van der Waals surface area contributed by atoms with Crippen LogP contribution >= 0.6 is 11.6 Å². The highest BCUT2D eigenvalue weighted by molar-refractivity contribution is 6.33. The van der Waals surface area contributed by atoms with Gasteiger partial charge in [-0.25, -0.2) is 0 Å². The zero-order valence-corrected chi connectivity index (χ0v) is 16.8. The fourth-order valence-corrected chi connectivity index (χ4v) is 2.40. The van der Waals surface area contributed by atoms with Crippen LogP contribution in [0.1, 0.15) is 24.2 Å². The lowest BCUT2D eigenvalue weighted by atomic mass is 10.2. The topological polar surface area (TPSA) is 70.2 Å². The maximum atomic E-state index is 12.3. The molecule has 142 valence electrons. The predicted octanol–water partition coefficient (Wildman–Crippen LogP) is -1.28. The first kappa shape index (κ1) is 23.5. The van der Waals surface area contributed by atoms with Crippen LogP contribution in [0.5, 0.6) is 0 Å². The van der Waals surface area contributed by atoms with Crippen molar-refractivity contribution in [3.63, 3.8) is 0 Å². The maximum Gasteiger partial charge on any atom is 0.251 e. The van der Waals surface area contributed by atoms with Crippen molar-refractivity contribution in [3.8, 4) is 0 Å². The Hall–Kier alpha value is -1.50. The van der Waals surface area contributed by atoms with Crippen molar-refractivity contribution >= 4 is 29.1 Å². The highest BCUT2D eigenvalue weighted by Crippen LogP contribution is 2.22. The first-order chi connectivity index (χ1) is 11.2. The lowest BCUT2D eigenvalue weighted by molar-refractivity contribution is -0.887. The minimum absolute atomic E-state index is 0. The van der Waals surface area contributed by atoms with E-state index in [1.54, 1.807) is 18.2 Å². The first-order valence-corrected chi connectivity index (χ1v) is 8.51. The molecule has 0 aromatic heterocycles. The summed E-state index contributed by atoms with van der Waals surface area (Å²) in [7, 11) is 4.14. The fourth-order valence-electron chi connectivity index (χ4n) is 2.21. The molecule has 0 aliphatic carbocycles. The minimum atomic E-state index is -0.118. The number of rotatable bonds is 9. The average molecular weight is 391 g/mol. The Labute approximate surface area is 161 Å². The maximum absolute atomic E-state index is 12.3. The third kappa shape index (κ3) is 8.95. The molecule has 0 saturated carbocycles. The van der Waals surface area contributed by atoms with E-state index in [1.165, 1.54) is 6.92 Å². The van der Waals surface area contributed by atoms with Crippen molar-refractivity contribution < 1.29 is 26.5 Å². The van der Waals surface area contributed by atoms with Crippen LogP contribution in [-0.2, 0) is 4.79 Å². The SMILES string of the molecule is CCNc1cc(C(=O)NCC[N+](C)(C)CCNC(C)=O)ccc1Cl.[Cl-]. The van der Waals surface area contributed by atoms with Gasteiger partial charge < -0.3 is 32.8 Å². The van der Waals surface area contributed by atoms with Crippen LogP contribution in [-0.4, -0.2) is 63.1 Å². The summed E-state index contributed by atoms with van der Waals surface area (Å²) in [4.78, 5) is 23.2. The van der Waals surface area contributed by atoms with Gasteiger partial charge in [-0.15, -0.1) is 0 Å². The summed E-state index contributed by atoms with van der Waals surface area (Å²) in [6, 6.07) is 5.20. The number of nitrogens with one attached hydrogen (secondary N) is 3. The summed E-state index contributed by atoms with van der Waals surface area (Å²) in [6.07, 6.45) is 0. The second-order valence-corrected chi connectivity index (χ2v) is 6.75. The standard InChI is InChI=1S/C17H27ClN4O2.ClH/c1-5-19-16-12-14(6-7-15(16)18)17(24)21-9-11-22(3,4)10-8-20-13(2)23;/h6-7,12,19H,5,8-11H2,1-4H3,(H-,20,21,23,24);1H. The molecule has 0 spiro atoms. The van der Waals surface area contributed by atoms with E-state index in [0.29, 0.717) is 28.2 Å². The number of nitrogens with zero attached hydrogens (tertiary/aromatic N) is 1. The van der Waals surface area contributed by atoms with E-state index in [9.17, 15) is 9.59 Å². The van der Waals surface area contributed by atoms with Crippen LogP contribution in [0.15, 0.2) is 18.2 Å². The molecule has 0 aliphatic rings. The van der Waals surface area contributed by atoms with Gasteiger partial charge >= 0.3 is 0 Å². The van der Waals surface area contributed by atoms with Crippen molar-refractivity contribution in [3.05, 3.63) is 28.8 Å². The van der Waals surface area contributed by atoms with Gasteiger partial charge in [0.25, 0.3) is 5.91 Å². The lowest BCUT2D eigenvalue weighted by Crippen LogP contribution is -3.00. The van der Waals surface area contributed by atoms with Gasteiger partial charge in [-0.2, -0.15) is 0 Å². The molecule has 3 N–H and O–H groups in total. The third-order valence-corrected chi connectivity index (χ3v) is 4.02. The second kappa shape index (κ2) is 11.2. The summed E-state index contributed by atoms with van der Waals surface area (Å²) < 4.78 is 0.712. The molecular formula is C17H28Cl2N4O2. The van der Waals surface area contributed by atoms with E-state index in [2.05, 4.69) is 30.0 Å². The number of carbonyl (C=O) groups is 2. The van der Waals surface area contributed by atoms with E-state index < -0.39 is 0 Å². The average Bonchev–Trinajstić information content (AvgIpc) is 2.48. The molecule has 0 heterocycles. The van der Waals surface area contributed by atoms with Crippen LogP contribution < -0.4 is 28.4 Å². The Bertz CT molecular complexity index is 580. The first-order valence-electron chi connectivity index (χ1n) is 8.13. The summed E-state index contributed by atoms with van der Waals surface area (Å²) in [6.45, 7) is 6.99. The number of hydrogen-bond donors (Lipinski definition) is 3. The third-order valence-electron chi connectivity index (χ3n) is 3.69. The van der Waals surface area contributed by atoms with Gasteiger partial charge in [-0.3, -0.25) is 9.59 Å². The summed E-state index contributed by atoms with van der Waals surface area (Å²) >= 11 is 6.09. The Morgan fingerprint density at radius 3 is 2.28 bits per heavy atom. The Morgan fingerprint density at radius 2 is 1.72 bits per heavy atom. The van der Waals surface area contributed by atoms with Gasteiger partial charge in [0.05, 0.1) is 51.0 Å². The molecule has 0 bridgehead atoms. The molecule has 0 saturated heterocycles. The summed E-state index contributed by atoms with van der Waals surface area (Å²) in [5, 5.41) is 9.45. The van der Waals surface area contributed by atoms with E-state index >= 15 is 0 Å². The van der Waals surface area contributed by atoms with Crippen molar-refractivity contribution in [2.24, 2.45) is 0 Å². The van der Waals surface area contributed by atoms with Gasteiger partial charge in [0.2, 0.25) is 5.91 Å². The van der Waals surface area contributed by atoms with E-state index in [1.807, 2.05) is 6.92 Å². The zero-order chi connectivity index (χ0) is 18.2. The second-order valence-electron chi connectivity index (χ2n) is 6.35. The van der Waals surface area contributed by atoms with Crippen molar-refractivity contribution in [1.29, 1.82) is 0 Å². The highest BCUT2D eigenvalue weighted by atomic mass is 35.5. The molecule has 1 aromatic rings. The molecule has 0 fully saturated rings. The minimum Gasteiger partial charge on any atom is -1.00 e. The smallest absolute Gasteiger partial charge is 0.251 e. The molecule has 0 aliphatic heterocycles. The largest absolute Gasteiger partial charge is 1.00 e. The summed E-state index contributed by atoms with van der Waals surface area (Å²) in [5.41, 5.74) is 1.34. The summed E-state index contributed by atoms with van der Waals surface area (Å²) in [5.74, 6) is -0.143. The van der Waals surface area contributed by atoms with E-state index in [4.69, 9.17) is 11.6 Å². The molecule has 0 unspecified atom stereocenters. The molecule has 8 heteroatoms. The molecule has 6 nitrogen and oxygen atoms in total. The number of halogens is 2. The normalized spacial score (nSPS) is 10.6. The Balaban J connectivity index is 0.00000576. The number of quaternary nitrogens is 1. The zero-order valence-electron chi connectivity index (χ0n) is 15.3. The molecular weight excluding hydrogens is 363 g/mol. The van der Waals surface area contributed by atoms with Crippen LogP contribution in [0.2, 0.25) is 5.02 Å². The number of anilines is 1. The molecule has 1 aromatic carbocycles. The van der Waals surface area contributed by atoms with Gasteiger partial charge in [-0.1, -0.05) is 11.6 Å². The van der Waals surface area contributed by atoms with Crippen LogP contribution in [0.25, 0.3) is 0 Å². The van der Waals surface area contributed by atoms with Gasteiger partial charge in [-0.05, 0) is 25.1 Å². The Morgan fingerprint density at radius 1 is 1.12 bits per heavy atom. The molecule has 0 atom stereocenters. The van der Waals surface area contributed by atoms with Crippen molar-refractivity contribution in [2.75, 3.05) is 52.1 Å². The van der Waals surface area contributed by atoms with Crippen LogP contribution in [0, 0.1) is 0 Å². The quantitative estimate of drug-likeness (QED) is 0.460. The van der Waals surface area contributed by atoms with E-state index in [-0.39, 0.29) is 24.2 Å². The van der Waals surface area contributed by atoms with E-state index in [0.717, 1.165) is 25.3 Å². The van der Waals surface area contributed by atoms with Gasteiger partial charge in [0, 0.05) is 19.0 Å². The van der Waals surface area contributed by atoms with Crippen LogP contribution in [0.3, 0.4) is 0 Å². The highest BCUT2D eigenvalue weighted by Gasteiger charge is 2.15. The molecule has 1 rings (SSSR count). The number of benzene rings is 1. The molecule has 25 heavy (non-hydrogen) atoms. The predicted molar refractivity (Wildman–Crippen MR) is 98.5 cm³/mol.